The molecule has 4 nitrogen and oxygen atoms in total. The molecular formula is C15H18BrN3O. The van der Waals surface area contributed by atoms with Gasteiger partial charge in [0.05, 0.1) is 17.3 Å². The van der Waals surface area contributed by atoms with E-state index in [1.165, 1.54) is 5.69 Å². The number of hydrogen-bond donors (Lipinski definition) is 0. The molecule has 1 fully saturated rings. The predicted octanol–water partition coefficient (Wildman–Crippen LogP) is 3.40. The summed E-state index contributed by atoms with van der Waals surface area (Å²) in [5.74, 6) is 0. The lowest BCUT2D eigenvalue weighted by molar-refractivity contribution is 0.0459. The fraction of sp³-hybridized carbons (Fsp3) is 0.467. The van der Waals surface area contributed by atoms with Crippen LogP contribution in [0.5, 0.6) is 0 Å². The Labute approximate surface area is 127 Å². The zero-order valence-electron chi connectivity index (χ0n) is 11.6. The van der Waals surface area contributed by atoms with Crippen LogP contribution < -0.4 is 4.90 Å². The maximum absolute atomic E-state index is 5.71. The topological polar surface area (TPSA) is 38.2 Å². The van der Waals surface area contributed by atoms with Gasteiger partial charge in [-0.15, -0.1) is 0 Å². The maximum atomic E-state index is 5.71. The lowest BCUT2D eigenvalue weighted by Crippen LogP contribution is -2.37. The number of pyridine rings is 2. The second-order valence-electron chi connectivity index (χ2n) is 4.99. The third-order valence-electron chi connectivity index (χ3n) is 3.71. The summed E-state index contributed by atoms with van der Waals surface area (Å²) in [7, 11) is 0. The number of halogens is 1. The molecular weight excluding hydrogens is 318 g/mol. The SMILES string of the molecule is CCOC1CCN(c2ccnc3cc(Br)cnc23)CC1. The standard InChI is InChI=1S/C15H18BrN3O/c1-2-20-12-4-7-19(8-5-12)14-3-6-17-13-9-11(16)10-18-15(13)14/h3,6,9-10,12H,2,4-5,7-8H2,1H3. The molecule has 0 spiro atoms. The molecule has 0 bridgehead atoms. The monoisotopic (exact) mass is 335 g/mol. The number of fused-ring (bicyclic) bond motifs is 1. The molecule has 3 rings (SSSR count). The molecule has 2 aromatic rings. The van der Waals surface area contributed by atoms with Crippen LogP contribution in [0.25, 0.3) is 11.0 Å². The van der Waals surface area contributed by atoms with Crippen LogP contribution in [0.3, 0.4) is 0 Å². The highest BCUT2D eigenvalue weighted by atomic mass is 79.9. The average molecular weight is 336 g/mol. The number of rotatable bonds is 3. The Bertz CT molecular complexity index is 597. The van der Waals surface area contributed by atoms with E-state index in [2.05, 4.69) is 43.8 Å². The molecule has 5 heteroatoms. The van der Waals surface area contributed by atoms with Crippen LogP contribution in [0, 0.1) is 0 Å². The molecule has 0 atom stereocenters. The Hall–Kier alpha value is -1.20. The molecule has 0 radical (unpaired) electrons. The van der Waals surface area contributed by atoms with Crippen LogP contribution in [0.15, 0.2) is 29.0 Å². The summed E-state index contributed by atoms with van der Waals surface area (Å²) in [5, 5.41) is 0. The Morgan fingerprint density at radius 1 is 1.35 bits per heavy atom. The Morgan fingerprint density at radius 2 is 2.15 bits per heavy atom. The summed E-state index contributed by atoms with van der Waals surface area (Å²) < 4.78 is 6.67. The van der Waals surface area contributed by atoms with Crippen molar-refractivity contribution in [3.05, 3.63) is 29.0 Å². The van der Waals surface area contributed by atoms with Crippen molar-refractivity contribution in [1.29, 1.82) is 0 Å². The Balaban J connectivity index is 1.84. The van der Waals surface area contributed by atoms with Gasteiger partial charge < -0.3 is 9.64 Å². The molecule has 20 heavy (non-hydrogen) atoms. The predicted molar refractivity (Wildman–Crippen MR) is 84.1 cm³/mol. The first kappa shape index (κ1) is 13.8. The van der Waals surface area contributed by atoms with E-state index in [-0.39, 0.29) is 0 Å². The van der Waals surface area contributed by atoms with Gasteiger partial charge in [-0.3, -0.25) is 9.97 Å². The van der Waals surface area contributed by atoms with Gasteiger partial charge in [0.15, 0.2) is 0 Å². The van der Waals surface area contributed by atoms with Crippen molar-refractivity contribution >= 4 is 32.7 Å². The van der Waals surface area contributed by atoms with Gasteiger partial charge in [-0.2, -0.15) is 0 Å². The van der Waals surface area contributed by atoms with Gasteiger partial charge in [-0.05, 0) is 47.8 Å². The van der Waals surface area contributed by atoms with E-state index < -0.39 is 0 Å². The maximum Gasteiger partial charge on any atom is 0.112 e. The van der Waals surface area contributed by atoms with Gasteiger partial charge in [0.1, 0.15) is 5.52 Å². The summed E-state index contributed by atoms with van der Waals surface area (Å²) in [6.45, 7) is 4.89. The summed E-state index contributed by atoms with van der Waals surface area (Å²) in [4.78, 5) is 11.3. The largest absolute Gasteiger partial charge is 0.378 e. The van der Waals surface area contributed by atoms with Crippen LogP contribution in [0.2, 0.25) is 0 Å². The minimum Gasteiger partial charge on any atom is -0.378 e. The van der Waals surface area contributed by atoms with Gasteiger partial charge in [0.25, 0.3) is 0 Å². The molecule has 3 heterocycles. The van der Waals surface area contributed by atoms with Crippen molar-refractivity contribution in [2.24, 2.45) is 0 Å². The van der Waals surface area contributed by atoms with Gasteiger partial charge in [-0.1, -0.05) is 0 Å². The molecule has 0 unspecified atom stereocenters. The third kappa shape index (κ3) is 2.79. The molecule has 1 aliphatic rings. The number of hydrogen-bond acceptors (Lipinski definition) is 4. The van der Waals surface area contributed by atoms with Crippen LogP contribution in [0.1, 0.15) is 19.8 Å². The molecule has 0 amide bonds. The van der Waals surface area contributed by atoms with E-state index in [0.717, 1.165) is 48.0 Å². The minimum absolute atomic E-state index is 0.409. The lowest BCUT2D eigenvalue weighted by Gasteiger charge is -2.33. The highest BCUT2D eigenvalue weighted by Gasteiger charge is 2.21. The highest BCUT2D eigenvalue weighted by molar-refractivity contribution is 9.10. The first-order chi connectivity index (χ1) is 9.78. The highest BCUT2D eigenvalue weighted by Crippen LogP contribution is 2.28. The third-order valence-corrected chi connectivity index (χ3v) is 4.14. The van der Waals surface area contributed by atoms with Crippen molar-refractivity contribution in [3.63, 3.8) is 0 Å². The smallest absolute Gasteiger partial charge is 0.112 e. The van der Waals surface area contributed by atoms with Gasteiger partial charge in [0, 0.05) is 36.6 Å². The first-order valence-corrected chi connectivity index (χ1v) is 7.84. The molecule has 106 valence electrons. The fourth-order valence-corrected chi connectivity index (χ4v) is 3.06. The van der Waals surface area contributed by atoms with Crippen LogP contribution in [0.4, 0.5) is 5.69 Å². The van der Waals surface area contributed by atoms with Crippen LogP contribution >= 0.6 is 15.9 Å². The van der Waals surface area contributed by atoms with Gasteiger partial charge in [0.2, 0.25) is 0 Å². The molecule has 0 N–H and O–H groups in total. The number of piperidine rings is 1. The second-order valence-corrected chi connectivity index (χ2v) is 5.91. The van der Waals surface area contributed by atoms with E-state index >= 15 is 0 Å². The van der Waals surface area contributed by atoms with Gasteiger partial charge >= 0.3 is 0 Å². The summed E-state index contributed by atoms with van der Waals surface area (Å²) in [6.07, 6.45) is 6.26. The van der Waals surface area contributed by atoms with Crippen molar-refractivity contribution < 1.29 is 4.74 Å². The minimum atomic E-state index is 0.409. The lowest BCUT2D eigenvalue weighted by atomic mass is 10.1. The fourth-order valence-electron chi connectivity index (χ4n) is 2.75. The molecule has 0 saturated carbocycles. The number of ether oxygens (including phenoxy) is 1. The van der Waals surface area contributed by atoms with Gasteiger partial charge in [-0.25, -0.2) is 0 Å². The normalized spacial score (nSPS) is 16.8. The summed E-state index contributed by atoms with van der Waals surface area (Å²) in [5.41, 5.74) is 3.09. The van der Waals surface area contributed by atoms with Crippen molar-refractivity contribution in [1.82, 2.24) is 9.97 Å². The number of anilines is 1. The zero-order valence-corrected chi connectivity index (χ0v) is 13.1. The number of nitrogens with zero attached hydrogens (tertiary/aromatic N) is 3. The van der Waals surface area contributed by atoms with Crippen LogP contribution in [-0.4, -0.2) is 35.8 Å². The van der Waals surface area contributed by atoms with Crippen LogP contribution in [-0.2, 0) is 4.74 Å². The van der Waals surface area contributed by atoms with E-state index in [4.69, 9.17) is 4.74 Å². The van der Waals surface area contributed by atoms with Crippen molar-refractivity contribution in [2.75, 3.05) is 24.6 Å². The summed E-state index contributed by atoms with van der Waals surface area (Å²) >= 11 is 3.45. The molecule has 2 aromatic heterocycles. The molecule has 1 aliphatic heterocycles. The Kier molecular flexibility index (Phi) is 4.17. The number of aromatic nitrogens is 2. The average Bonchev–Trinajstić information content (AvgIpc) is 2.47. The van der Waals surface area contributed by atoms with E-state index in [1.807, 2.05) is 18.5 Å². The molecule has 0 aliphatic carbocycles. The molecule has 1 saturated heterocycles. The Morgan fingerprint density at radius 3 is 2.90 bits per heavy atom. The quantitative estimate of drug-likeness (QED) is 0.861. The second kappa shape index (κ2) is 6.06. The summed E-state index contributed by atoms with van der Waals surface area (Å²) in [6, 6.07) is 4.07. The van der Waals surface area contributed by atoms with Crippen molar-refractivity contribution in [3.8, 4) is 0 Å². The van der Waals surface area contributed by atoms with E-state index in [0.29, 0.717) is 6.10 Å². The van der Waals surface area contributed by atoms with E-state index in [1.54, 1.807) is 0 Å². The zero-order chi connectivity index (χ0) is 13.9. The van der Waals surface area contributed by atoms with E-state index in [9.17, 15) is 0 Å². The van der Waals surface area contributed by atoms with Crippen molar-refractivity contribution in [2.45, 2.75) is 25.9 Å². The first-order valence-electron chi connectivity index (χ1n) is 7.04. The molecule has 0 aromatic carbocycles.